The van der Waals surface area contributed by atoms with Crippen molar-refractivity contribution in [3.05, 3.63) is 58.9 Å². The highest BCUT2D eigenvalue weighted by Crippen LogP contribution is 2.38. The first-order chi connectivity index (χ1) is 11.3. The van der Waals surface area contributed by atoms with Gasteiger partial charge in [-0.05, 0) is 19.4 Å². The zero-order valence-electron chi connectivity index (χ0n) is 13.5. The molecule has 1 aromatic carbocycles. The maximum absolute atomic E-state index is 10.9. The van der Waals surface area contributed by atoms with E-state index in [0.717, 1.165) is 5.56 Å². The fourth-order valence-corrected chi connectivity index (χ4v) is 2.58. The summed E-state index contributed by atoms with van der Waals surface area (Å²) in [6.07, 6.45) is 1.45. The van der Waals surface area contributed by atoms with Crippen LogP contribution in [0.25, 0.3) is 0 Å². The third-order valence-electron chi connectivity index (χ3n) is 3.70. The Morgan fingerprint density at radius 3 is 2.58 bits per heavy atom. The van der Waals surface area contributed by atoms with Crippen molar-refractivity contribution in [1.82, 2.24) is 10.3 Å². The lowest BCUT2D eigenvalue weighted by Gasteiger charge is -2.18. The third-order valence-corrected chi connectivity index (χ3v) is 4.17. The molecule has 0 spiro atoms. The molecule has 1 atom stereocenters. The molecule has 0 aliphatic heterocycles. The number of pyridine rings is 1. The van der Waals surface area contributed by atoms with Crippen LogP contribution in [-0.4, -0.2) is 19.9 Å². The number of benzene rings is 1. The Kier molecular flexibility index (Phi) is 6.10. The molecule has 0 fully saturated rings. The third kappa shape index (κ3) is 5.12. The fourth-order valence-electron chi connectivity index (χ4n) is 2.27. The minimum atomic E-state index is -4.59. The first-order valence-corrected chi connectivity index (χ1v) is 8.95. The van der Waals surface area contributed by atoms with E-state index in [0.29, 0.717) is 23.4 Å². The van der Waals surface area contributed by atoms with Crippen LogP contribution >= 0.6 is 7.82 Å². The number of aromatic hydroxyl groups is 1. The van der Waals surface area contributed by atoms with Crippen LogP contribution in [0.4, 0.5) is 0 Å². The lowest BCUT2D eigenvalue weighted by Crippen LogP contribution is -2.19. The predicted octanol–water partition coefficient (Wildman–Crippen LogP) is 2.56. The average molecular weight is 352 g/mol. The molecule has 8 heteroatoms. The van der Waals surface area contributed by atoms with E-state index in [1.807, 2.05) is 37.3 Å². The lowest BCUT2D eigenvalue weighted by atomic mass is 10.1. The molecule has 0 unspecified atom stereocenters. The number of phosphoric acid groups is 1. The molecule has 1 aromatic heterocycles. The van der Waals surface area contributed by atoms with Crippen molar-refractivity contribution in [3.8, 4) is 5.75 Å². The summed E-state index contributed by atoms with van der Waals surface area (Å²) in [5.74, 6) is -0.00502. The molecule has 2 aromatic rings. The molecule has 0 radical (unpaired) electrons. The van der Waals surface area contributed by atoms with E-state index >= 15 is 0 Å². The normalized spacial score (nSPS) is 13.0. The van der Waals surface area contributed by atoms with Gasteiger partial charge in [0.15, 0.2) is 0 Å². The standard InChI is InChI=1S/C16H21N2O5P/c1-11(13-6-4-3-5-7-13)18-9-15-14(10-23-24(20,21)22)8-17-12(2)16(15)19/h3-8,11,18-19H,9-10H2,1-2H3,(H2,20,21,22)/t11-/m1/s1. The number of rotatable bonds is 7. The maximum atomic E-state index is 10.9. The van der Waals surface area contributed by atoms with Crippen molar-refractivity contribution < 1.29 is 24.0 Å². The molecule has 4 N–H and O–H groups in total. The Morgan fingerprint density at radius 2 is 1.96 bits per heavy atom. The first-order valence-electron chi connectivity index (χ1n) is 7.42. The second-order valence-corrected chi connectivity index (χ2v) is 6.71. The zero-order valence-corrected chi connectivity index (χ0v) is 14.4. The Labute approximate surface area is 140 Å². The number of nitrogens with zero attached hydrogens (tertiary/aromatic N) is 1. The minimum absolute atomic E-state index is 0.00502. The highest BCUT2D eigenvalue weighted by molar-refractivity contribution is 7.46. The van der Waals surface area contributed by atoms with E-state index in [1.165, 1.54) is 6.20 Å². The summed E-state index contributed by atoms with van der Waals surface area (Å²) in [6, 6.07) is 9.85. The number of aromatic nitrogens is 1. The Balaban J connectivity index is 2.15. The minimum Gasteiger partial charge on any atom is -0.506 e. The van der Waals surface area contributed by atoms with Crippen LogP contribution in [0.5, 0.6) is 5.75 Å². The van der Waals surface area contributed by atoms with Crippen LogP contribution in [-0.2, 0) is 22.2 Å². The summed E-state index contributed by atoms with van der Waals surface area (Å²) in [4.78, 5) is 21.7. The summed E-state index contributed by atoms with van der Waals surface area (Å²) in [7, 11) is -4.59. The van der Waals surface area contributed by atoms with Crippen LogP contribution < -0.4 is 5.32 Å². The Bertz CT molecular complexity index is 733. The van der Waals surface area contributed by atoms with Gasteiger partial charge >= 0.3 is 7.82 Å². The number of hydrogen-bond donors (Lipinski definition) is 4. The first kappa shape index (κ1) is 18.6. The van der Waals surface area contributed by atoms with Crippen molar-refractivity contribution in [3.63, 3.8) is 0 Å². The summed E-state index contributed by atoms with van der Waals surface area (Å²) in [6.45, 7) is 3.63. The van der Waals surface area contributed by atoms with Gasteiger partial charge in [-0.15, -0.1) is 0 Å². The van der Waals surface area contributed by atoms with Crippen LogP contribution in [0.2, 0.25) is 0 Å². The number of phosphoric ester groups is 1. The Morgan fingerprint density at radius 1 is 1.29 bits per heavy atom. The molecule has 130 valence electrons. The van der Waals surface area contributed by atoms with Crippen molar-refractivity contribution in [2.75, 3.05) is 0 Å². The molecule has 7 nitrogen and oxygen atoms in total. The molecule has 0 saturated heterocycles. The lowest BCUT2D eigenvalue weighted by molar-refractivity contribution is 0.188. The van der Waals surface area contributed by atoms with Gasteiger partial charge in [-0.1, -0.05) is 30.3 Å². The van der Waals surface area contributed by atoms with E-state index in [1.54, 1.807) is 6.92 Å². The summed E-state index contributed by atoms with van der Waals surface area (Å²) in [5, 5.41) is 13.5. The average Bonchev–Trinajstić information content (AvgIpc) is 2.54. The van der Waals surface area contributed by atoms with E-state index in [4.69, 9.17) is 9.79 Å². The van der Waals surface area contributed by atoms with E-state index in [9.17, 15) is 9.67 Å². The van der Waals surface area contributed by atoms with Gasteiger partial charge in [0, 0.05) is 29.9 Å². The quantitative estimate of drug-likeness (QED) is 0.567. The number of hydrogen-bond acceptors (Lipinski definition) is 5. The van der Waals surface area contributed by atoms with E-state index in [2.05, 4.69) is 14.8 Å². The van der Waals surface area contributed by atoms with Crippen molar-refractivity contribution in [2.45, 2.75) is 33.0 Å². The molecule has 24 heavy (non-hydrogen) atoms. The number of nitrogens with one attached hydrogen (secondary N) is 1. The summed E-state index contributed by atoms with van der Waals surface area (Å²) in [5.41, 5.74) is 2.47. The highest BCUT2D eigenvalue weighted by atomic mass is 31.2. The van der Waals surface area contributed by atoms with Crippen molar-refractivity contribution >= 4 is 7.82 Å². The van der Waals surface area contributed by atoms with Gasteiger partial charge in [0.1, 0.15) is 5.75 Å². The second kappa shape index (κ2) is 7.88. The Hall–Kier alpha value is -1.76. The second-order valence-electron chi connectivity index (χ2n) is 5.47. The van der Waals surface area contributed by atoms with Gasteiger partial charge in [-0.3, -0.25) is 9.51 Å². The van der Waals surface area contributed by atoms with Crippen LogP contribution in [0.1, 0.15) is 35.3 Å². The van der Waals surface area contributed by atoms with E-state index in [-0.39, 0.29) is 18.4 Å². The maximum Gasteiger partial charge on any atom is 0.469 e. The molecule has 1 heterocycles. The summed E-state index contributed by atoms with van der Waals surface area (Å²) >= 11 is 0. The monoisotopic (exact) mass is 352 g/mol. The molecular weight excluding hydrogens is 331 g/mol. The van der Waals surface area contributed by atoms with Gasteiger partial charge in [0.05, 0.1) is 12.3 Å². The van der Waals surface area contributed by atoms with Gasteiger partial charge in [0.25, 0.3) is 0 Å². The van der Waals surface area contributed by atoms with Crippen molar-refractivity contribution in [2.24, 2.45) is 0 Å². The van der Waals surface area contributed by atoms with Crippen molar-refractivity contribution in [1.29, 1.82) is 0 Å². The smallest absolute Gasteiger partial charge is 0.469 e. The van der Waals surface area contributed by atoms with E-state index < -0.39 is 7.82 Å². The zero-order chi connectivity index (χ0) is 17.7. The SMILES string of the molecule is Cc1ncc(COP(=O)(O)O)c(CN[C@H](C)c2ccccc2)c1O. The van der Waals surface area contributed by atoms with Gasteiger partial charge in [-0.25, -0.2) is 4.57 Å². The van der Waals surface area contributed by atoms with Gasteiger partial charge in [-0.2, -0.15) is 0 Å². The molecule has 0 aliphatic rings. The van der Waals surface area contributed by atoms with Crippen LogP contribution in [0, 0.1) is 6.92 Å². The van der Waals surface area contributed by atoms with Crippen LogP contribution in [0.3, 0.4) is 0 Å². The van der Waals surface area contributed by atoms with Gasteiger partial charge in [0.2, 0.25) is 0 Å². The van der Waals surface area contributed by atoms with Gasteiger partial charge < -0.3 is 20.2 Å². The molecular formula is C16H21N2O5P. The molecule has 0 bridgehead atoms. The topological polar surface area (TPSA) is 112 Å². The van der Waals surface area contributed by atoms with Crippen LogP contribution in [0.15, 0.2) is 36.5 Å². The molecule has 2 rings (SSSR count). The highest BCUT2D eigenvalue weighted by Gasteiger charge is 2.18. The molecule has 0 saturated carbocycles. The number of aryl methyl sites for hydroxylation is 1. The molecule has 0 aliphatic carbocycles. The fraction of sp³-hybridized carbons (Fsp3) is 0.312. The largest absolute Gasteiger partial charge is 0.506 e. The summed E-state index contributed by atoms with van der Waals surface area (Å²) < 4.78 is 15.4. The predicted molar refractivity (Wildman–Crippen MR) is 89.2 cm³/mol. The molecule has 0 amide bonds.